The van der Waals surface area contributed by atoms with Crippen LogP contribution in [0.15, 0.2) is 34.9 Å². The lowest BCUT2D eigenvalue weighted by Gasteiger charge is -2.26. The summed E-state index contributed by atoms with van der Waals surface area (Å²) in [5, 5.41) is 0. The first-order chi connectivity index (χ1) is 8.74. The second-order valence-electron chi connectivity index (χ2n) is 5.58. The number of hydrogen-bond acceptors (Lipinski definition) is 2. The van der Waals surface area contributed by atoms with E-state index in [1.165, 1.54) is 0 Å². The molecule has 0 fully saturated rings. The highest BCUT2D eigenvalue weighted by Crippen LogP contribution is 2.28. The maximum absolute atomic E-state index is 12.1. The van der Waals surface area contributed by atoms with Crippen molar-refractivity contribution < 1.29 is 9.53 Å². The number of rotatable bonds is 2. The molecule has 0 aromatic heterocycles. The van der Waals surface area contributed by atoms with E-state index in [0.29, 0.717) is 13.1 Å². The Bertz CT molecular complexity index is 418. The molecule has 3 nitrogen and oxygen atoms in total. The third kappa shape index (κ3) is 4.86. The highest BCUT2D eigenvalue weighted by molar-refractivity contribution is 9.11. The summed E-state index contributed by atoms with van der Waals surface area (Å²) in [7, 11) is 0. The van der Waals surface area contributed by atoms with Gasteiger partial charge < -0.3 is 9.64 Å². The molecule has 0 bridgehead atoms. The molecular formula is C15H22BrNO2. The molecule has 1 aliphatic rings. The molecule has 0 radical (unpaired) electrons. The average Bonchev–Trinajstić information content (AvgIpc) is 2.48. The van der Waals surface area contributed by atoms with Gasteiger partial charge in [-0.3, -0.25) is 0 Å². The van der Waals surface area contributed by atoms with Crippen molar-refractivity contribution in [2.75, 3.05) is 13.1 Å². The zero-order valence-electron chi connectivity index (χ0n) is 12.0. The Hall–Kier alpha value is -1.03. The molecule has 0 aromatic carbocycles. The second-order valence-corrected chi connectivity index (χ2v) is 6.54. The molecule has 1 rings (SSSR count). The number of nitrogens with zero attached hydrogens (tertiary/aromatic N) is 1. The molecule has 0 saturated heterocycles. The molecule has 1 aliphatic heterocycles. The Morgan fingerprint density at radius 1 is 1.37 bits per heavy atom. The summed E-state index contributed by atoms with van der Waals surface area (Å²) in [6.45, 7) is 14.7. The summed E-state index contributed by atoms with van der Waals surface area (Å²) in [5.74, 6) is 0. The zero-order valence-corrected chi connectivity index (χ0v) is 13.5. The van der Waals surface area contributed by atoms with Gasteiger partial charge >= 0.3 is 6.09 Å². The highest BCUT2D eigenvalue weighted by atomic mass is 79.9. The monoisotopic (exact) mass is 327 g/mol. The fourth-order valence-electron chi connectivity index (χ4n) is 1.97. The molecule has 0 saturated carbocycles. The lowest BCUT2D eigenvalue weighted by atomic mass is 10.0. The van der Waals surface area contributed by atoms with E-state index in [2.05, 4.69) is 29.1 Å². The van der Waals surface area contributed by atoms with E-state index in [9.17, 15) is 4.79 Å². The molecule has 0 unspecified atom stereocenters. The standard InChI is InChI=1S/C15H22BrNO2/c1-6-12-7-9-17(10-8-13(12)11(2)16)14(18)19-15(3,4)5/h6H,1-2,7-10H2,3-5H3. The Kier molecular flexibility index (Phi) is 5.41. The smallest absolute Gasteiger partial charge is 0.410 e. The number of carbonyl (C=O) groups is 1. The van der Waals surface area contributed by atoms with Crippen molar-refractivity contribution in [3.05, 3.63) is 34.9 Å². The van der Waals surface area contributed by atoms with Crippen molar-refractivity contribution in [2.45, 2.75) is 39.2 Å². The molecule has 1 amide bonds. The predicted octanol–water partition coefficient (Wildman–Crippen LogP) is 4.41. The summed E-state index contributed by atoms with van der Waals surface area (Å²) in [6.07, 6.45) is 3.14. The van der Waals surface area contributed by atoms with Crippen LogP contribution in [0.3, 0.4) is 0 Å². The number of allylic oxidation sites excluding steroid dienone is 2. The molecule has 0 spiro atoms. The van der Waals surface area contributed by atoms with Crippen LogP contribution >= 0.6 is 15.9 Å². The molecule has 106 valence electrons. The van der Waals surface area contributed by atoms with E-state index in [1.807, 2.05) is 26.8 Å². The molecular weight excluding hydrogens is 306 g/mol. The molecule has 4 heteroatoms. The van der Waals surface area contributed by atoms with Gasteiger partial charge in [0.05, 0.1) is 0 Å². The summed E-state index contributed by atoms with van der Waals surface area (Å²) < 4.78 is 6.27. The van der Waals surface area contributed by atoms with E-state index in [4.69, 9.17) is 4.74 Å². The second kappa shape index (κ2) is 6.42. The van der Waals surface area contributed by atoms with Gasteiger partial charge in [0.2, 0.25) is 0 Å². The van der Waals surface area contributed by atoms with E-state index < -0.39 is 5.60 Å². The van der Waals surface area contributed by atoms with Crippen LogP contribution in [0.5, 0.6) is 0 Å². The molecule has 1 heterocycles. The number of ether oxygens (including phenoxy) is 1. The lowest BCUT2D eigenvalue weighted by Crippen LogP contribution is -2.37. The van der Waals surface area contributed by atoms with Crippen molar-refractivity contribution in [3.63, 3.8) is 0 Å². The first-order valence-electron chi connectivity index (χ1n) is 6.42. The molecule has 0 aromatic rings. The Balaban J connectivity index is 2.75. The minimum atomic E-state index is -0.458. The Morgan fingerprint density at radius 3 is 2.42 bits per heavy atom. The van der Waals surface area contributed by atoms with Crippen LogP contribution < -0.4 is 0 Å². The van der Waals surface area contributed by atoms with Crippen molar-refractivity contribution in [1.29, 1.82) is 0 Å². The fourth-order valence-corrected chi connectivity index (χ4v) is 2.42. The first kappa shape index (κ1) is 16.0. The van der Waals surface area contributed by atoms with Gasteiger partial charge in [-0.25, -0.2) is 4.79 Å². The zero-order chi connectivity index (χ0) is 14.6. The highest BCUT2D eigenvalue weighted by Gasteiger charge is 2.24. The maximum Gasteiger partial charge on any atom is 0.410 e. The minimum Gasteiger partial charge on any atom is -0.444 e. The van der Waals surface area contributed by atoms with Gasteiger partial charge in [0.1, 0.15) is 5.60 Å². The largest absolute Gasteiger partial charge is 0.444 e. The SMILES string of the molecule is C=CC1=C(C(=C)Br)CCN(C(=O)OC(C)(C)C)CC1. The first-order valence-corrected chi connectivity index (χ1v) is 7.21. The Morgan fingerprint density at radius 2 is 1.95 bits per heavy atom. The van der Waals surface area contributed by atoms with Crippen LogP contribution in [-0.4, -0.2) is 29.7 Å². The molecule has 0 atom stereocenters. The van der Waals surface area contributed by atoms with Gasteiger partial charge in [-0.1, -0.05) is 35.2 Å². The fraction of sp³-hybridized carbons (Fsp3) is 0.533. The van der Waals surface area contributed by atoms with Gasteiger partial charge in [0, 0.05) is 17.6 Å². The third-order valence-electron chi connectivity index (χ3n) is 2.90. The maximum atomic E-state index is 12.1. The van der Waals surface area contributed by atoms with E-state index in [0.717, 1.165) is 28.5 Å². The van der Waals surface area contributed by atoms with Gasteiger partial charge in [0.15, 0.2) is 0 Å². The summed E-state index contributed by atoms with van der Waals surface area (Å²) in [4.78, 5) is 13.8. The summed E-state index contributed by atoms with van der Waals surface area (Å²) in [5.41, 5.74) is 1.83. The minimum absolute atomic E-state index is 0.252. The predicted molar refractivity (Wildman–Crippen MR) is 82.3 cm³/mol. The molecule has 0 N–H and O–H groups in total. The van der Waals surface area contributed by atoms with Crippen molar-refractivity contribution >= 4 is 22.0 Å². The van der Waals surface area contributed by atoms with Crippen LogP contribution in [0.4, 0.5) is 4.79 Å². The summed E-state index contributed by atoms with van der Waals surface area (Å²) in [6, 6.07) is 0. The van der Waals surface area contributed by atoms with Gasteiger partial charge in [-0.05, 0) is 44.8 Å². The quantitative estimate of drug-likeness (QED) is 0.751. The molecule has 0 aliphatic carbocycles. The van der Waals surface area contributed by atoms with Crippen molar-refractivity contribution in [2.24, 2.45) is 0 Å². The number of halogens is 1. The van der Waals surface area contributed by atoms with Crippen LogP contribution in [0.2, 0.25) is 0 Å². The van der Waals surface area contributed by atoms with Crippen molar-refractivity contribution in [3.8, 4) is 0 Å². The van der Waals surface area contributed by atoms with Crippen LogP contribution in [0, 0.1) is 0 Å². The number of hydrogen-bond donors (Lipinski definition) is 0. The Labute approximate surface area is 124 Å². The normalized spacial score (nSPS) is 16.9. The number of amides is 1. The topological polar surface area (TPSA) is 29.5 Å². The van der Waals surface area contributed by atoms with E-state index >= 15 is 0 Å². The van der Waals surface area contributed by atoms with Crippen molar-refractivity contribution in [1.82, 2.24) is 4.90 Å². The van der Waals surface area contributed by atoms with Gasteiger partial charge in [0.25, 0.3) is 0 Å². The summed E-state index contributed by atoms with van der Waals surface area (Å²) >= 11 is 3.42. The third-order valence-corrected chi connectivity index (χ3v) is 3.37. The van der Waals surface area contributed by atoms with Crippen LogP contribution in [-0.2, 0) is 4.74 Å². The number of carbonyl (C=O) groups excluding carboxylic acids is 1. The molecule has 19 heavy (non-hydrogen) atoms. The van der Waals surface area contributed by atoms with E-state index in [-0.39, 0.29) is 6.09 Å². The van der Waals surface area contributed by atoms with Crippen LogP contribution in [0.1, 0.15) is 33.6 Å². The average molecular weight is 328 g/mol. The lowest BCUT2D eigenvalue weighted by molar-refractivity contribution is 0.0258. The van der Waals surface area contributed by atoms with Gasteiger partial charge in [-0.15, -0.1) is 0 Å². The van der Waals surface area contributed by atoms with E-state index in [1.54, 1.807) is 4.90 Å². The van der Waals surface area contributed by atoms with Crippen LogP contribution in [0.25, 0.3) is 0 Å². The van der Waals surface area contributed by atoms with Gasteiger partial charge in [-0.2, -0.15) is 0 Å².